The average Bonchev–Trinajstić information content (AvgIpc) is 3.14. The van der Waals surface area contributed by atoms with Crippen LogP contribution < -0.4 is 0 Å². The highest BCUT2D eigenvalue weighted by Gasteiger charge is 2.08. The van der Waals surface area contributed by atoms with E-state index in [0.29, 0.717) is 0 Å². The van der Waals surface area contributed by atoms with Crippen molar-refractivity contribution in [3.8, 4) is 44.5 Å². The van der Waals surface area contributed by atoms with Crippen LogP contribution in [0.1, 0.15) is 0 Å². The lowest BCUT2D eigenvalue weighted by Gasteiger charge is -2.10. The normalized spacial score (nSPS) is 11.5. The van der Waals surface area contributed by atoms with Crippen LogP contribution in [0.4, 0.5) is 0 Å². The molecule has 0 saturated carbocycles. The molecule has 0 heteroatoms. The van der Waals surface area contributed by atoms with Crippen molar-refractivity contribution in [2.24, 2.45) is 0 Å². The fourth-order valence-electron chi connectivity index (χ4n) is 6.90. The molecule has 0 heterocycles. The van der Waals surface area contributed by atoms with Gasteiger partial charge in [-0.15, -0.1) is 0 Å². The Morgan fingerprint density at radius 3 is 1.20 bits per heavy atom. The third kappa shape index (κ3) is 4.72. The number of rotatable bonds is 4. The molecule has 0 fully saturated rings. The van der Waals surface area contributed by atoms with Crippen molar-refractivity contribution in [1.82, 2.24) is 0 Å². The lowest BCUT2D eigenvalue weighted by atomic mass is 9.94. The van der Waals surface area contributed by atoms with E-state index in [-0.39, 0.29) is 0 Å². The molecule has 0 amide bonds. The summed E-state index contributed by atoms with van der Waals surface area (Å²) in [5, 5.41) is 10.2. The van der Waals surface area contributed by atoms with Crippen molar-refractivity contribution in [3.05, 3.63) is 182 Å². The molecular weight excluding hydrogens is 553 g/mol. The van der Waals surface area contributed by atoms with Crippen molar-refractivity contribution in [3.63, 3.8) is 0 Å². The lowest BCUT2D eigenvalue weighted by molar-refractivity contribution is 1.60. The molecule has 0 unspecified atom stereocenters. The molecule has 9 aromatic rings. The van der Waals surface area contributed by atoms with Gasteiger partial charge in [0.15, 0.2) is 0 Å². The van der Waals surface area contributed by atoms with Gasteiger partial charge in [-0.25, -0.2) is 0 Å². The zero-order valence-electron chi connectivity index (χ0n) is 25.3. The van der Waals surface area contributed by atoms with Crippen LogP contribution in [0.2, 0.25) is 0 Å². The monoisotopic (exact) mass is 582 g/mol. The van der Waals surface area contributed by atoms with E-state index >= 15 is 0 Å². The first-order valence-corrected chi connectivity index (χ1v) is 15.9. The van der Waals surface area contributed by atoms with E-state index in [4.69, 9.17) is 0 Å². The summed E-state index contributed by atoms with van der Waals surface area (Å²) in [5.41, 5.74) is 9.87. The van der Waals surface area contributed by atoms with Crippen LogP contribution in [0.5, 0.6) is 0 Å². The van der Waals surface area contributed by atoms with Crippen molar-refractivity contribution in [1.29, 1.82) is 0 Å². The van der Waals surface area contributed by atoms with Crippen molar-refractivity contribution in [2.45, 2.75) is 0 Å². The quantitative estimate of drug-likeness (QED) is 0.181. The minimum atomic E-state index is 1.23. The van der Waals surface area contributed by atoms with Crippen LogP contribution in [0.3, 0.4) is 0 Å². The van der Waals surface area contributed by atoms with E-state index in [1.807, 2.05) is 0 Å². The van der Waals surface area contributed by atoms with E-state index in [1.165, 1.54) is 87.6 Å². The Hall–Kier alpha value is -5.98. The molecule has 0 aliphatic rings. The third-order valence-electron chi connectivity index (χ3n) is 9.42. The molecule has 0 bridgehead atoms. The Morgan fingerprint density at radius 1 is 0.174 bits per heavy atom. The summed E-state index contributed by atoms with van der Waals surface area (Å²) >= 11 is 0. The molecular formula is C46H30. The molecule has 46 heavy (non-hydrogen) atoms. The minimum absolute atomic E-state index is 1.23. The second-order valence-corrected chi connectivity index (χ2v) is 12.2. The first kappa shape index (κ1) is 26.4. The molecule has 0 spiro atoms. The maximum absolute atomic E-state index is 2.32. The summed E-state index contributed by atoms with van der Waals surface area (Å²) in [4.78, 5) is 0. The Bertz CT molecular complexity index is 2570. The van der Waals surface area contributed by atoms with Crippen LogP contribution in [0.25, 0.3) is 87.6 Å². The van der Waals surface area contributed by atoms with Gasteiger partial charge in [-0.3, -0.25) is 0 Å². The summed E-state index contributed by atoms with van der Waals surface area (Å²) < 4.78 is 0. The first-order chi connectivity index (χ1) is 22.7. The predicted octanol–water partition coefficient (Wildman–Crippen LogP) is 13.0. The van der Waals surface area contributed by atoms with Crippen LogP contribution in [0, 0.1) is 0 Å². The molecule has 214 valence electrons. The van der Waals surface area contributed by atoms with Gasteiger partial charge in [0, 0.05) is 0 Å². The number of fused-ring (bicyclic) bond motifs is 5. The molecule has 0 saturated heterocycles. The lowest BCUT2D eigenvalue weighted by Crippen LogP contribution is -1.85. The van der Waals surface area contributed by atoms with Gasteiger partial charge in [0.2, 0.25) is 0 Å². The van der Waals surface area contributed by atoms with E-state index in [1.54, 1.807) is 0 Å². The SMILES string of the molecule is c1cc(-c2ccc3cc(-c4ccc(-c5ccc6ccccc6c5)cc4)ccc3c2)cc(-c2ccc3c(ccc4ccccc43)c2)c1. The smallest absolute Gasteiger partial charge is 0.0105 e. The van der Waals surface area contributed by atoms with Crippen LogP contribution >= 0.6 is 0 Å². The number of hydrogen-bond donors (Lipinski definition) is 0. The summed E-state index contributed by atoms with van der Waals surface area (Å²) in [7, 11) is 0. The van der Waals surface area contributed by atoms with Gasteiger partial charge >= 0.3 is 0 Å². The second kappa shape index (κ2) is 10.9. The van der Waals surface area contributed by atoms with Gasteiger partial charge in [-0.1, -0.05) is 152 Å². The van der Waals surface area contributed by atoms with Gasteiger partial charge in [0.1, 0.15) is 0 Å². The fraction of sp³-hybridized carbons (Fsp3) is 0. The molecule has 0 radical (unpaired) electrons. The Labute approximate surface area is 268 Å². The zero-order valence-corrected chi connectivity index (χ0v) is 25.3. The van der Waals surface area contributed by atoms with Gasteiger partial charge in [0.05, 0.1) is 0 Å². The summed E-state index contributed by atoms with van der Waals surface area (Å²) in [5.74, 6) is 0. The molecule has 0 atom stereocenters. The molecule has 0 nitrogen and oxygen atoms in total. The molecule has 0 N–H and O–H groups in total. The highest BCUT2D eigenvalue weighted by molar-refractivity contribution is 6.08. The van der Waals surface area contributed by atoms with Gasteiger partial charge in [0.25, 0.3) is 0 Å². The van der Waals surface area contributed by atoms with E-state index in [2.05, 4.69) is 182 Å². The third-order valence-corrected chi connectivity index (χ3v) is 9.42. The van der Waals surface area contributed by atoms with Crippen LogP contribution in [-0.4, -0.2) is 0 Å². The van der Waals surface area contributed by atoms with Gasteiger partial charge < -0.3 is 0 Å². The number of benzene rings is 9. The van der Waals surface area contributed by atoms with Crippen LogP contribution in [0.15, 0.2) is 182 Å². The molecule has 9 rings (SSSR count). The largest absolute Gasteiger partial charge is 0.0616 e. The maximum Gasteiger partial charge on any atom is -0.0105 e. The minimum Gasteiger partial charge on any atom is -0.0616 e. The molecule has 9 aromatic carbocycles. The summed E-state index contributed by atoms with van der Waals surface area (Å²) in [6.45, 7) is 0. The first-order valence-electron chi connectivity index (χ1n) is 15.9. The fourth-order valence-corrected chi connectivity index (χ4v) is 6.90. The van der Waals surface area contributed by atoms with Gasteiger partial charge in [-0.05, 0) is 118 Å². The standard InChI is InChI=1S/C46H30/c1-2-8-35-26-38(18-16-31(35)6-1)32-12-14-33(15-13-32)39-19-20-42-29-40(21-22-41(42)28-39)36-9-5-10-37(27-36)43-24-25-46-44(30-43)23-17-34-7-3-4-11-45(34)46/h1-30H. The summed E-state index contributed by atoms with van der Waals surface area (Å²) in [6.07, 6.45) is 0. The Kier molecular flexibility index (Phi) is 6.25. The van der Waals surface area contributed by atoms with E-state index < -0.39 is 0 Å². The Morgan fingerprint density at radius 2 is 0.543 bits per heavy atom. The highest BCUT2D eigenvalue weighted by Crippen LogP contribution is 2.34. The van der Waals surface area contributed by atoms with Gasteiger partial charge in [-0.2, -0.15) is 0 Å². The summed E-state index contributed by atoms with van der Waals surface area (Å²) in [6, 6.07) is 66.6. The highest BCUT2D eigenvalue weighted by atomic mass is 14.1. The second-order valence-electron chi connectivity index (χ2n) is 12.2. The zero-order chi connectivity index (χ0) is 30.5. The van der Waals surface area contributed by atoms with Crippen LogP contribution in [-0.2, 0) is 0 Å². The topological polar surface area (TPSA) is 0 Å². The van der Waals surface area contributed by atoms with E-state index in [9.17, 15) is 0 Å². The Balaban J connectivity index is 0.997. The van der Waals surface area contributed by atoms with Crippen molar-refractivity contribution < 1.29 is 0 Å². The molecule has 0 aromatic heterocycles. The molecule has 0 aliphatic carbocycles. The molecule has 0 aliphatic heterocycles. The van der Waals surface area contributed by atoms with Crippen molar-refractivity contribution >= 4 is 43.1 Å². The van der Waals surface area contributed by atoms with Crippen molar-refractivity contribution in [2.75, 3.05) is 0 Å². The van der Waals surface area contributed by atoms with E-state index in [0.717, 1.165) is 0 Å². The predicted molar refractivity (Wildman–Crippen MR) is 198 cm³/mol. The number of hydrogen-bond acceptors (Lipinski definition) is 0. The average molecular weight is 583 g/mol. The maximum atomic E-state index is 2.32.